The maximum absolute atomic E-state index is 13.5. The Labute approximate surface area is 146 Å². The van der Waals surface area contributed by atoms with Crippen LogP contribution >= 0.6 is 0 Å². The topological polar surface area (TPSA) is 36.4 Å². The zero-order valence-corrected chi connectivity index (χ0v) is 14.0. The van der Waals surface area contributed by atoms with Gasteiger partial charge >= 0.3 is 0 Å². The van der Waals surface area contributed by atoms with E-state index < -0.39 is 0 Å². The minimum absolute atomic E-state index is 0.160. The lowest BCUT2D eigenvalue weighted by atomic mass is 9.80. The number of pyridine rings is 1. The van der Waals surface area contributed by atoms with Crippen molar-refractivity contribution in [1.29, 1.82) is 0 Å². The molecule has 0 spiro atoms. The third-order valence-electron chi connectivity index (χ3n) is 5.22. The van der Waals surface area contributed by atoms with Crippen LogP contribution in [0.1, 0.15) is 17.9 Å². The summed E-state index contributed by atoms with van der Waals surface area (Å²) in [5.74, 6) is 0.279. The molecule has 1 fully saturated rings. The minimum Gasteiger partial charge on any atom is -0.396 e. The molecule has 128 valence electrons. The number of aromatic nitrogens is 1. The lowest BCUT2D eigenvalue weighted by molar-refractivity contribution is 0.190. The average molecular weight is 336 g/mol. The molecule has 0 aliphatic carbocycles. The van der Waals surface area contributed by atoms with Gasteiger partial charge in [-0.3, -0.25) is 4.98 Å². The van der Waals surface area contributed by atoms with Gasteiger partial charge in [0.1, 0.15) is 5.82 Å². The lowest BCUT2D eigenvalue weighted by Crippen LogP contribution is -2.41. The average Bonchev–Trinajstić information content (AvgIpc) is 2.67. The summed E-state index contributed by atoms with van der Waals surface area (Å²) in [5, 5.41) is 10.9. The summed E-state index contributed by atoms with van der Waals surface area (Å²) in [6.45, 7) is 1.85. The van der Waals surface area contributed by atoms with E-state index in [2.05, 4.69) is 34.1 Å². The summed E-state index contributed by atoms with van der Waals surface area (Å²) in [5.41, 5.74) is 3.03. The van der Waals surface area contributed by atoms with Gasteiger partial charge in [-0.2, -0.15) is 0 Å². The van der Waals surface area contributed by atoms with Crippen molar-refractivity contribution in [3.63, 3.8) is 0 Å². The molecular weight excluding hydrogens is 315 g/mol. The largest absolute Gasteiger partial charge is 0.396 e. The first-order valence-corrected chi connectivity index (χ1v) is 8.71. The van der Waals surface area contributed by atoms with Gasteiger partial charge in [0.2, 0.25) is 0 Å². The smallest absolute Gasteiger partial charge is 0.125 e. The Kier molecular flexibility index (Phi) is 4.36. The van der Waals surface area contributed by atoms with Crippen LogP contribution in [0, 0.1) is 11.7 Å². The number of fused-ring (bicyclic) bond motifs is 1. The van der Waals surface area contributed by atoms with Crippen molar-refractivity contribution in [1.82, 2.24) is 4.98 Å². The number of halogens is 1. The number of hydrogen-bond acceptors (Lipinski definition) is 3. The Morgan fingerprint density at radius 1 is 1.12 bits per heavy atom. The number of aliphatic hydroxyl groups excluding tert-OH is 1. The van der Waals surface area contributed by atoms with Crippen molar-refractivity contribution in [2.75, 3.05) is 24.6 Å². The first-order valence-electron chi connectivity index (χ1n) is 8.71. The van der Waals surface area contributed by atoms with Crippen LogP contribution in [0.25, 0.3) is 10.9 Å². The Bertz CT molecular complexity index is 868. The van der Waals surface area contributed by atoms with Gasteiger partial charge in [0.05, 0.1) is 5.52 Å². The highest BCUT2D eigenvalue weighted by molar-refractivity contribution is 5.91. The van der Waals surface area contributed by atoms with E-state index in [0.717, 1.165) is 30.6 Å². The second-order valence-corrected chi connectivity index (χ2v) is 6.69. The second kappa shape index (κ2) is 6.81. The van der Waals surface area contributed by atoms with E-state index in [1.165, 1.54) is 17.7 Å². The van der Waals surface area contributed by atoms with Crippen LogP contribution in [0.15, 0.2) is 60.8 Å². The van der Waals surface area contributed by atoms with Crippen LogP contribution in [0.3, 0.4) is 0 Å². The van der Waals surface area contributed by atoms with Crippen molar-refractivity contribution < 1.29 is 9.50 Å². The summed E-state index contributed by atoms with van der Waals surface area (Å²) in [7, 11) is 0. The van der Waals surface area contributed by atoms with Crippen LogP contribution in [-0.4, -0.2) is 29.8 Å². The van der Waals surface area contributed by atoms with Crippen LogP contribution in [0.5, 0.6) is 0 Å². The van der Waals surface area contributed by atoms with Crippen LogP contribution < -0.4 is 4.90 Å². The van der Waals surface area contributed by atoms with E-state index in [4.69, 9.17) is 0 Å². The predicted octanol–water partition coefficient (Wildman–Crippen LogP) is 3.98. The maximum atomic E-state index is 13.5. The van der Waals surface area contributed by atoms with Gasteiger partial charge in [-0.05, 0) is 36.1 Å². The molecule has 1 aliphatic heterocycles. The molecule has 25 heavy (non-hydrogen) atoms. The van der Waals surface area contributed by atoms with Gasteiger partial charge in [0.25, 0.3) is 0 Å². The van der Waals surface area contributed by atoms with Crippen LogP contribution in [0.4, 0.5) is 10.1 Å². The fourth-order valence-electron chi connectivity index (χ4n) is 3.96. The molecule has 1 aliphatic rings. The number of rotatable bonds is 3. The molecule has 1 aromatic heterocycles. The number of benzene rings is 2. The molecule has 0 amide bonds. The third-order valence-corrected chi connectivity index (χ3v) is 5.22. The number of piperidine rings is 1. The minimum atomic E-state index is -0.270. The zero-order chi connectivity index (χ0) is 17.2. The van der Waals surface area contributed by atoms with E-state index in [9.17, 15) is 9.50 Å². The van der Waals surface area contributed by atoms with Gasteiger partial charge in [0, 0.05) is 49.0 Å². The molecular formula is C21H21FN2O. The molecule has 4 heteroatoms. The second-order valence-electron chi connectivity index (χ2n) is 6.69. The monoisotopic (exact) mass is 336 g/mol. The van der Waals surface area contributed by atoms with Crippen LogP contribution in [0.2, 0.25) is 0 Å². The highest BCUT2D eigenvalue weighted by atomic mass is 19.1. The predicted molar refractivity (Wildman–Crippen MR) is 98.3 cm³/mol. The number of nitrogens with zero attached hydrogens (tertiary/aromatic N) is 2. The molecule has 1 saturated heterocycles. The number of anilines is 1. The van der Waals surface area contributed by atoms with E-state index >= 15 is 0 Å². The van der Waals surface area contributed by atoms with Crippen LogP contribution in [-0.2, 0) is 0 Å². The van der Waals surface area contributed by atoms with Gasteiger partial charge in [-0.25, -0.2) is 4.39 Å². The van der Waals surface area contributed by atoms with Crippen molar-refractivity contribution in [3.05, 3.63) is 72.2 Å². The zero-order valence-electron chi connectivity index (χ0n) is 14.0. The number of hydrogen-bond donors (Lipinski definition) is 1. The first-order chi connectivity index (χ1) is 12.3. The maximum Gasteiger partial charge on any atom is 0.125 e. The Morgan fingerprint density at radius 3 is 2.76 bits per heavy atom. The normalized spacial score (nSPS) is 20.8. The fraction of sp³-hybridized carbons (Fsp3) is 0.286. The van der Waals surface area contributed by atoms with Crippen molar-refractivity contribution in [3.8, 4) is 0 Å². The van der Waals surface area contributed by atoms with Gasteiger partial charge < -0.3 is 10.0 Å². The van der Waals surface area contributed by atoms with Gasteiger partial charge in [-0.1, -0.05) is 30.3 Å². The molecule has 3 nitrogen and oxygen atoms in total. The molecule has 0 unspecified atom stereocenters. The Balaban J connectivity index is 1.64. The lowest BCUT2D eigenvalue weighted by Gasteiger charge is -2.39. The van der Waals surface area contributed by atoms with E-state index in [-0.39, 0.29) is 18.3 Å². The SMILES string of the molecule is OC[C@H]1CN(c2ccnc3cc(F)ccc23)CC[C@H]1c1ccccc1. The first kappa shape index (κ1) is 16.0. The molecule has 2 heterocycles. The van der Waals surface area contributed by atoms with Gasteiger partial charge in [-0.15, -0.1) is 0 Å². The molecule has 4 rings (SSSR count). The molecule has 2 aromatic carbocycles. The van der Waals surface area contributed by atoms with Crippen molar-refractivity contribution >= 4 is 16.6 Å². The molecule has 0 radical (unpaired) electrons. The molecule has 2 atom stereocenters. The Hall–Kier alpha value is -2.46. The highest BCUT2D eigenvalue weighted by Crippen LogP contribution is 2.36. The molecule has 0 bridgehead atoms. The van der Waals surface area contributed by atoms with Crippen molar-refractivity contribution in [2.45, 2.75) is 12.3 Å². The molecule has 0 saturated carbocycles. The van der Waals surface area contributed by atoms with Gasteiger partial charge in [0.15, 0.2) is 0 Å². The molecule has 1 N–H and O–H groups in total. The summed E-state index contributed by atoms with van der Waals surface area (Å²) in [6, 6.07) is 17.2. The summed E-state index contributed by atoms with van der Waals surface area (Å²) >= 11 is 0. The molecule has 3 aromatic rings. The summed E-state index contributed by atoms with van der Waals surface area (Å²) in [4.78, 5) is 6.58. The highest BCUT2D eigenvalue weighted by Gasteiger charge is 2.30. The van der Waals surface area contributed by atoms with Crippen molar-refractivity contribution in [2.24, 2.45) is 5.92 Å². The fourth-order valence-corrected chi connectivity index (χ4v) is 3.96. The standard InChI is InChI=1S/C21H21FN2O/c22-17-6-7-19-20(12-17)23-10-8-21(19)24-11-9-18(16(13-24)14-25)15-4-2-1-3-5-15/h1-8,10,12,16,18,25H,9,11,13-14H2/t16-,18+/m1/s1. The van der Waals surface area contributed by atoms with E-state index in [1.807, 2.05) is 12.1 Å². The quantitative estimate of drug-likeness (QED) is 0.786. The summed E-state index contributed by atoms with van der Waals surface area (Å²) < 4.78 is 13.5. The third kappa shape index (κ3) is 3.10. The number of aliphatic hydroxyl groups is 1. The van der Waals surface area contributed by atoms with E-state index in [0.29, 0.717) is 11.4 Å². The summed E-state index contributed by atoms with van der Waals surface area (Å²) in [6.07, 6.45) is 2.72. The Morgan fingerprint density at radius 2 is 1.96 bits per heavy atom. The van der Waals surface area contributed by atoms with E-state index in [1.54, 1.807) is 12.3 Å².